The molecule has 2 atom stereocenters. The Labute approximate surface area is 144 Å². The summed E-state index contributed by atoms with van der Waals surface area (Å²) in [5, 5.41) is 13.5. The number of rotatable bonds is 8. The predicted octanol–water partition coefficient (Wildman–Crippen LogP) is 1.36. The van der Waals surface area contributed by atoms with E-state index >= 15 is 0 Å². The van der Waals surface area contributed by atoms with Crippen LogP contribution in [0.1, 0.15) is 30.1 Å². The lowest BCUT2D eigenvalue weighted by molar-refractivity contribution is -0.0170. The highest BCUT2D eigenvalue weighted by atomic mass is 16.5. The van der Waals surface area contributed by atoms with Gasteiger partial charge in [0.05, 0.1) is 32.0 Å². The van der Waals surface area contributed by atoms with Crippen molar-refractivity contribution in [2.24, 2.45) is 0 Å². The fraction of sp³-hybridized carbons (Fsp3) is 0.684. The highest BCUT2D eigenvalue weighted by Gasteiger charge is 2.21. The summed E-state index contributed by atoms with van der Waals surface area (Å²) in [5.41, 5.74) is 2.70. The number of benzene rings is 1. The Morgan fingerprint density at radius 3 is 3.00 bits per heavy atom. The van der Waals surface area contributed by atoms with Crippen molar-refractivity contribution in [3.05, 3.63) is 35.4 Å². The number of ether oxygens (including phenoxy) is 2. The van der Waals surface area contributed by atoms with Gasteiger partial charge in [-0.2, -0.15) is 0 Å². The van der Waals surface area contributed by atoms with Crippen molar-refractivity contribution < 1.29 is 14.6 Å². The molecule has 0 spiro atoms. The second-order valence-electron chi connectivity index (χ2n) is 6.72. The lowest BCUT2D eigenvalue weighted by Crippen LogP contribution is -2.41. The molecule has 1 aromatic rings. The standard InChI is InChI=1S/C19H30N2O3/c22-17(14-20-8-9-21-10-12-23-13-11-21)15-24-19-7-3-5-16-4-1-2-6-18(16)19/h1-2,4,6,17,19-20,22H,3,5,7-15H2/t17-,19-/m0/s1. The number of aryl methyl sites for hydroxylation is 1. The number of fused-ring (bicyclic) bond motifs is 1. The molecule has 0 radical (unpaired) electrons. The van der Waals surface area contributed by atoms with Crippen LogP contribution >= 0.6 is 0 Å². The zero-order valence-electron chi connectivity index (χ0n) is 14.5. The Morgan fingerprint density at radius 1 is 1.29 bits per heavy atom. The minimum atomic E-state index is -0.455. The molecular weight excluding hydrogens is 304 g/mol. The average Bonchev–Trinajstić information content (AvgIpc) is 2.64. The number of aliphatic hydroxyl groups is 1. The highest BCUT2D eigenvalue weighted by Crippen LogP contribution is 2.32. The molecule has 0 amide bonds. The average molecular weight is 334 g/mol. The van der Waals surface area contributed by atoms with Gasteiger partial charge in [-0.3, -0.25) is 4.90 Å². The van der Waals surface area contributed by atoms with E-state index in [2.05, 4.69) is 34.5 Å². The van der Waals surface area contributed by atoms with Crippen molar-refractivity contribution in [2.75, 3.05) is 52.5 Å². The third-order valence-corrected chi connectivity index (χ3v) is 4.89. The van der Waals surface area contributed by atoms with Gasteiger partial charge in [0.15, 0.2) is 0 Å². The molecule has 0 unspecified atom stereocenters. The Kier molecular flexibility index (Phi) is 7.05. The van der Waals surface area contributed by atoms with Gasteiger partial charge in [0.2, 0.25) is 0 Å². The molecule has 1 aliphatic heterocycles. The zero-order valence-corrected chi connectivity index (χ0v) is 14.5. The summed E-state index contributed by atoms with van der Waals surface area (Å²) in [6.07, 6.45) is 3.03. The molecule has 2 aliphatic rings. The monoisotopic (exact) mass is 334 g/mol. The van der Waals surface area contributed by atoms with E-state index in [0.29, 0.717) is 13.2 Å². The molecule has 134 valence electrons. The number of morpholine rings is 1. The van der Waals surface area contributed by atoms with Crippen LogP contribution in [0.25, 0.3) is 0 Å². The minimum Gasteiger partial charge on any atom is -0.389 e. The molecule has 1 aliphatic carbocycles. The number of nitrogens with zero attached hydrogens (tertiary/aromatic N) is 1. The van der Waals surface area contributed by atoms with Crippen LogP contribution in [0, 0.1) is 0 Å². The molecule has 5 heteroatoms. The van der Waals surface area contributed by atoms with E-state index in [1.165, 1.54) is 11.1 Å². The van der Waals surface area contributed by atoms with Gasteiger partial charge in [0.25, 0.3) is 0 Å². The first-order chi connectivity index (χ1) is 11.8. The fourth-order valence-electron chi connectivity index (χ4n) is 3.50. The molecule has 5 nitrogen and oxygen atoms in total. The number of hydrogen-bond acceptors (Lipinski definition) is 5. The molecule has 1 saturated heterocycles. The predicted molar refractivity (Wildman–Crippen MR) is 94.2 cm³/mol. The maximum atomic E-state index is 10.1. The molecule has 1 heterocycles. The molecule has 1 fully saturated rings. The van der Waals surface area contributed by atoms with Crippen LogP contribution in [0.4, 0.5) is 0 Å². The number of nitrogens with one attached hydrogen (secondary N) is 1. The molecule has 0 saturated carbocycles. The van der Waals surface area contributed by atoms with Gasteiger partial charge in [0.1, 0.15) is 0 Å². The van der Waals surface area contributed by atoms with E-state index in [9.17, 15) is 5.11 Å². The molecule has 24 heavy (non-hydrogen) atoms. The van der Waals surface area contributed by atoms with Crippen LogP contribution in [0.5, 0.6) is 0 Å². The van der Waals surface area contributed by atoms with Gasteiger partial charge in [-0.15, -0.1) is 0 Å². The lowest BCUT2D eigenvalue weighted by Gasteiger charge is -2.27. The molecule has 0 aromatic heterocycles. The summed E-state index contributed by atoms with van der Waals surface area (Å²) < 4.78 is 11.3. The molecule has 3 rings (SSSR count). The minimum absolute atomic E-state index is 0.137. The zero-order chi connectivity index (χ0) is 16.6. The fourth-order valence-corrected chi connectivity index (χ4v) is 3.50. The van der Waals surface area contributed by atoms with Gasteiger partial charge in [-0.25, -0.2) is 0 Å². The first kappa shape index (κ1) is 17.8. The van der Waals surface area contributed by atoms with Crippen molar-refractivity contribution in [1.29, 1.82) is 0 Å². The van der Waals surface area contributed by atoms with Crippen LogP contribution in [0.3, 0.4) is 0 Å². The summed E-state index contributed by atoms with van der Waals surface area (Å²) >= 11 is 0. The van der Waals surface area contributed by atoms with E-state index in [0.717, 1.165) is 58.7 Å². The summed E-state index contributed by atoms with van der Waals surface area (Å²) in [7, 11) is 0. The van der Waals surface area contributed by atoms with Crippen LogP contribution in [-0.4, -0.2) is 68.7 Å². The molecule has 0 bridgehead atoms. The largest absolute Gasteiger partial charge is 0.389 e. The molecular formula is C19H30N2O3. The van der Waals surface area contributed by atoms with Gasteiger partial charge in [-0.05, 0) is 30.4 Å². The maximum absolute atomic E-state index is 10.1. The summed E-state index contributed by atoms with van der Waals surface area (Å²) in [5.74, 6) is 0. The van der Waals surface area contributed by atoms with Crippen molar-refractivity contribution >= 4 is 0 Å². The van der Waals surface area contributed by atoms with E-state index < -0.39 is 6.10 Å². The van der Waals surface area contributed by atoms with Crippen molar-refractivity contribution in [3.63, 3.8) is 0 Å². The third kappa shape index (κ3) is 5.26. The van der Waals surface area contributed by atoms with E-state index in [4.69, 9.17) is 9.47 Å². The first-order valence-corrected chi connectivity index (χ1v) is 9.21. The quantitative estimate of drug-likeness (QED) is 0.703. The van der Waals surface area contributed by atoms with E-state index in [-0.39, 0.29) is 6.10 Å². The Balaban J connectivity index is 1.32. The molecule has 1 aromatic carbocycles. The van der Waals surface area contributed by atoms with Crippen LogP contribution in [0.15, 0.2) is 24.3 Å². The summed E-state index contributed by atoms with van der Waals surface area (Å²) in [4.78, 5) is 2.39. The number of aliphatic hydroxyl groups excluding tert-OH is 1. The van der Waals surface area contributed by atoms with Crippen LogP contribution < -0.4 is 5.32 Å². The number of hydrogen-bond donors (Lipinski definition) is 2. The third-order valence-electron chi connectivity index (χ3n) is 4.89. The summed E-state index contributed by atoms with van der Waals surface area (Å²) in [6, 6.07) is 8.51. The second kappa shape index (κ2) is 9.49. The normalized spacial score (nSPS) is 23.0. The Hall–Kier alpha value is -0.980. The lowest BCUT2D eigenvalue weighted by atomic mass is 9.89. The highest BCUT2D eigenvalue weighted by molar-refractivity contribution is 5.31. The maximum Gasteiger partial charge on any atom is 0.0897 e. The van der Waals surface area contributed by atoms with Gasteiger partial charge in [-0.1, -0.05) is 24.3 Å². The van der Waals surface area contributed by atoms with Crippen LogP contribution in [-0.2, 0) is 15.9 Å². The van der Waals surface area contributed by atoms with Crippen molar-refractivity contribution in [1.82, 2.24) is 10.2 Å². The van der Waals surface area contributed by atoms with Crippen LogP contribution in [0.2, 0.25) is 0 Å². The topological polar surface area (TPSA) is 54.0 Å². The van der Waals surface area contributed by atoms with E-state index in [1.807, 2.05) is 0 Å². The Morgan fingerprint density at radius 2 is 2.12 bits per heavy atom. The van der Waals surface area contributed by atoms with Crippen molar-refractivity contribution in [2.45, 2.75) is 31.5 Å². The van der Waals surface area contributed by atoms with Gasteiger partial charge < -0.3 is 19.9 Å². The smallest absolute Gasteiger partial charge is 0.0897 e. The Bertz CT molecular complexity index is 491. The van der Waals surface area contributed by atoms with E-state index in [1.54, 1.807) is 0 Å². The van der Waals surface area contributed by atoms with Crippen molar-refractivity contribution in [3.8, 4) is 0 Å². The first-order valence-electron chi connectivity index (χ1n) is 9.21. The van der Waals surface area contributed by atoms with Gasteiger partial charge >= 0.3 is 0 Å². The van der Waals surface area contributed by atoms with Gasteiger partial charge in [0, 0.05) is 32.7 Å². The molecule has 2 N–H and O–H groups in total. The SMILES string of the molecule is O[C@@H](CNCCN1CCOCC1)CO[C@H]1CCCc2ccccc21. The summed E-state index contributed by atoms with van der Waals surface area (Å²) in [6.45, 7) is 6.56. The second-order valence-corrected chi connectivity index (χ2v) is 6.72.